The molecule has 1 heterocycles. The van der Waals surface area contributed by atoms with Crippen LogP contribution in [0.1, 0.15) is 113 Å². The second kappa shape index (κ2) is 13.9. The Hall–Kier alpha value is -3.22. The van der Waals surface area contributed by atoms with Crippen LogP contribution in [0.3, 0.4) is 0 Å². The Morgan fingerprint density at radius 3 is 2.74 bits per heavy atom. The molecule has 0 aliphatic heterocycles. The van der Waals surface area contributed by atoms with Crippen molar-refractivity contribution < 1.29 is 24.2 Å². The quantitative estimate of drug-likeness (QED) is 0.193. The normalized spacial score (nSPS) is 31.3. The minimum Gasteiger partial charge on any atom is -0.453 e. The summed E-state index contributed by atoms with van der Waals surface area (Å²) in [7, 11) is 0. The average Bonchev–Trinajstić information content (AvgIpc) is 3.59. The summed E-state index contributed by atoms with van der Waals surface area (Å²) in [6.07, 6.45) is 21.5. The molecule has 6 rings (SSSR count). The van der Waals surface area contributed by atoms with Gasteiger partial charge in [-0.25, -0.2) is 9.78 Å². The van der Waals surface area contributed by atoms with Gasteiger partial charge in [0.2, 0.25) is 5.89 Å². The highest BCUT2D eigenvalue weighted by Gasteiger charge is 2.56. The standard InChI is InChI=1S/C40H51NO5/c1-4-5-15-33-26-41-38(45-33)40(22-23-40)36(46-37(44)29-11-7-6-8-12-29)16-9-14-31-19-20-34-28(13-10-21-39(31,34)3)17-18-30-24-32(42)25-35(43)27(30)2/h6-9,11-12,16-18,26,31-32,34-36,42-43H,2,4-5,10,13-15,19-25H2,1,3H3/b16-9+,28-17+,30-18-. The molecule has 6 nitrogen and oxygen atoms in total. The molecule has 2 N–H and O–H groups in total. The van der Waals surface area contributed by atoms with Crippen molar-refractivity contribution in [1.82, 2.24) is 4.98 Å². The Morgan fingerprint density at radius 1 is 1.17 bits per heavy atom. The molecule has 1 aromatic carbocycles. The molecule has 6 unspecified atom stereocenters. The second-order valence-electron chi connectivity index (χ2n) is 14.5. The van der Waals surface area contributed by atoms with Gasteiger partial charge in [0.05, 0.1) is 29.4 Å². The van der Waals surface area contributed by atoms with Crippen LogP contribution in [0.25, 0.3) is 0 Å². The van der Waals surface area contributed by atoms with E-state index in [0.29, 0.717) is 36.1 Å². The van der Waals surface area contributed by atoms with Gasteiger partial charge in [0, 0.05) is 12.8 Å². The molecule has 4 saturated carbocycles. The third-order valence-corrected chi connectivity index (χ3v) is 11.5. The largest absolute Gasteiger partial charge is 0.453 e. The minimum atomic E-state index is -0.662. The number of esters is 1. The predicted molar refractivity (Wildman–Crippen MR) is 180 cm³/mol. The van der Waals surface area contributed by atoms with Crippen molar-refractivity contribution in [2.75, 3.05) is 0 Å². The number of nitrogens with zero attached hydrogens (tertiary/aromatic N) is 1. The number of hydrogen-bond acceptors (Lipinski definition) is 6. The number of unbranched alkanes of at least 4 members (excludes halogenated alkanes) is 1. The summed E-state index contributed by atoms with van der Waals surface area (Å²) in [5.41, 5.74) is 3.55. The van der Waals surface area contributed by atoms with E-state index in [4.69, 9.17) is 14.1 Å². The molecule has 0 radical (unpaired) electrons. The molecule has 0 bridgehead atoms. The van der Waals surface area contributed by atoms with Crippen LogP contribution < -0.4 is 0 Å². The van der Waals surface area contributed by atoms with Gasteiger partial charge in [-0.15, -0.1) is 0 Å². The number of aliphatic hydroxyl groups excluding tert-OH is 2. The Labute approximate surface area is 274 Å². The Morgan fingerprint density at radius 2 is 1.98 bits per heavy atom. The van der Waals surface area contributed by atoms with Gasteiger partial charge < -0.3 is 19.4 Å². The van der Waals surface area contributed by atoms with Gasteiger partial charge in [-0.05, 0) is 111 Å². The summed E-state index contributed by atoms with van der Waals surface area (Å²) in [5, 5.41) is 20.5. The van der Waals surface area contributed by atoms with Crippen molar-refractivity contribution in [2.45, 2.75) is 121 Å². The van der Waals surface area contributed by atoms with E-state index in [2.05, 4.69) is 44.7 Å². The molecule has 4 aliphatic carbocycles. The fourth-order valence-electron chi connectivity index (χ4n) is 8.42. The van der Waals surface area contributed by atoms with E-state index in [-0.39, 0.29) is 11.4 Å². The number of benzene rings is 1. The number of carbonyl (C=O) groups excluding carboxylic acids is 1. The molecule has 6 atom stereocenters. The van der Waals surface area contributed by atoms with Gasteiger partial charge in [0.1, 0.15) is 11.9 Å². The lowest BCUT2D eigenvalue weighted by Crippen LogP contribution is -2.33. The summed E-state index contributed by atoms with van der Waals surface area (Å²) < 4.78 is 12.5. The maximum absolute atomic E-state index is 13.3. The third-order valence-electron chi connectivity index (χ3n) is 11.5. The lowest BCUT2D eigenvalue weighted by molar-refractivity contribution is 0.0296. The Kier molecular flexibility index (Phi) is 9.86. The zero-order valence-electron chi connectivity index (χ0n) is 27.6. The molecule has 6 heteroatoms. The monoisotopic (exact) mass is 625 g/mol. The lowest BCUT2D eigenvalue weighted by atomic mass is 9.63. The Balaban J connectivity index is 1.18. The van der Waals surface area contributed by atoms with Crippen molar-refractivity contribution >= 4 is 5.97 Å². The first-order valence-electron chi connectivity index (χ1n) is 17.6. The molecule has 0 amide bonds. The first-order chi connectivity index (χ1) is 22.2. The molecule has 4 fully saturated rings. The van der Waals surface area contributed by atoms with Crippen LogP contribution in [-0.4, -0.2) is 39.5 Å². The highest BCUT2D eigenvalue weighted by molar-refractivity contribution is 5.89. The van der Waals surface area contributed by atoms with Crippen molar-refractivity contribution in [3.8, 4) is 0 Å². The summed E-state index contributed by atoms with van der Waals surface area (Å²) in [5.74, 6) is 2.35. The molecular formula is C40H51NO5. The van der Waals surface area contributed by atoms with E-state index in [9.17, 15) is 15.0 Å². The number of rotatable bonds is 11. The van der Waals surface area contributed by atoms with Crippen molar-refractivity contribution in [1.29, 1.82) is 0 Å². The average molecular weight is 626 g/mol. The summed E-state index contributed by atoms with van der Waals surface area (Å²) in [6, 6.07) is 9.23. The molecule has 0 saturated heterocycles. The number of fused-ring (bicyclic) bond motifs is 1. The molecular weight excluding hydrogens is 574 g/mol. The predicted octanol–water partition coefficient (Wildman–Crippen LogP) is 8.36. The fraction of sp³-hybridized carbons (Fsp3) is 0.550. The lowest BCUT2D eigenvalue weighted by Gasteiger charge is -2.42. The van der Waals surface area contributed by atoms with E-state index in [0.717, 1.165) is 61.9 Å². The van der Waals surface area contributed by atoms with Gasteiger partial charge >= 0.3 is 5.97 Å². The highest BCUT2D eigenvalue weighted by Crippen LogP contribution is 2.59. The molecule has 4 aliphatic rings. The number of hydrogen-bond donors (Lipinski definition) is 2. The molecule has 0 spiro atoms. The van der Waals surface area contributed by atoms with Crippen LogP contribution in [-0.2, 0) is 16.6 Å². The number of carbonyl (C=O) groups is 1. The molecule has 1 aromatic heterocycles. The van der Waals surface area contributed by atoms with Crippen molar-refractivity contribution in [3.63, 3.8) is 0 Å². The minimum absolute atomic E-state index is 0.208. The van der Waals surface area contributed by atoms with Crippen LogP contribution in [0.15, 0.2) is 88.5 Å². The maximum atomic E-state index is 13.3. The van der Waals surface area contributed by atoms with Gasteiger partial charge in [0.15, 0.2) is 0 Å². The number of aliphatic hydroxyl groups is 2. The number of ether oxygens (including phenoxy) is 1. The number of aromatic nitrogens is 1. The van der Waals surface area contributed by atoms with E-state index in [1.807, 2.05) is 24.4 Å². The first kappa shape index (κ1) is 32.7. The van der Waals surface area contributed by atoms with Crippen molar-refractivity contribution in [2.24, 2.45) is 17.3 Å². The van der Waals surface area contributed by atoms with Gasteiger partial charge in [-0.3, -0.25) is 0 Å². The fourth-order valence-corrected chi connectivity index (χ4v) is 8.42. The van der Waals surface area contributed by atoms with Gasteiger partial charge in [0.25, 0.3) is 0 Å². The zero-order chi connectivity index (χ0) is 32.3. The van der Waals surface area contributed by atoms with Crippen LogP contribution in [0.4, 0.5) is 0 Å². The number of oxazole rings is 1. The summed E-state index contributed by atoms with van der Waals surface area (Å²) in [6.45, 7) is 8.74. The molecule has 246 valence electrons. The topological polar surface area (TPSA) is 92.8 Å². The Bertz CT molecular complexity index is 1480. The summed E-state index contributed by atoms with van der Waals surface area (Å²) >= 11 is 0. The van der Waals surface area contributed by atoms with Crippen molar-refractivity contribution in [3.05, 3.63) is 101 Å². The highest BCUT2D eigenvalue weighted by atomic mass is 16.5. The van der Waals surface area contributed by atoms with Crippen LogP contribution >= 0.6 is 0 Å². The van der Waals surface area contributed by atoms with E-state index < -0.39 is 23.7 Å². The third kappa shape index (κ3) is 6.75. The van der Waals surface area contributed by atoms with Crippen LogP contribution in [0, 0.1) is 17.3 Å². The second-order valence-corrected chi connectivity index (χ2v) is 14.5. The zero-order valence-corrected chi connectivity index (χ0v) is 27.6. The molecule has 2 aromatic rings. The van der Waals surface area contributed by atoms with Gasteiger partial charge in [-0.1, -0.05) is 68.8 Å². The SMILES string of the molecule is C=C1/C(=C\C=C2/CCCC3(C)C(C/C=C/C(OC(=O)c4ccccc4)C4(c5ncc(CCCC)o5)CC4)CCC23)CC(O)CC1O. The molecule has 46 heavy (non-hydrogen) atoms. The van der Waals surface area contributed by atoms with Crippen LogP contribution in [0.2, 0.25) is 0 Å². The summed E-state index contributed by atoms with van der Waals surface area (Å²) in [4.78, 5) is 18.0. The van der Waals surface area contributed by atoms with E-state index in [1.54, 1.807) is 12.1 Å². The first-order valence-corrected chi connectivity index (χ1v) is 17.6. The van der Waals surface area contributed by atoms with Gasteiger partial charge in [-0.2, -0.15) is 0 Å². The van der Waals surface area contributed by atoms with E-state index >= 15 is 0 Å². The smallest absolute Gasteiger partial charge is 0.338 e. The number of allylic oxidation sites excluding steroid dienone is 4. The maximum Gasteiger partial charge on any atom is 0.338 e. The van der Waals surface area contributed by atoms with E-state index in [1.165, 1.54) is 31.3 Å². The van der Waals surface area contributed by atoms with Crippen LogP contribution in [0.5, 0.6) is 0 Å². The number of aryl methyl sites for hydroxylation is 1.